The Morgan fingerprint density at radius 1 is 0.382 bits per heavy atom. The van der Waals surface area contributed by atoms with Crippen LogP contribution in [0.25, 0.3) is 11.3 Å². The Bertz CT molecular complexity index is 1840. The summed E-state index contributed by atoms with van der Waals surface area (Å²) in [6, 6.07) is 85.2. The van der Waals surface area contributed by atoms with E-state index >= 15 is 0 Å². The van der Waals surface area contributed by atoms with Gasteiger partial charge in [0.1, 0.15) is 55.6 Å². The normalized spacial score (nSPS) is 10.5. The van der Waals surface area contributed by atoms with Crippen molar-refractivity contribution in [3.63, 3.8) is 0 Å². The largest absolute Gasteiger partial charge is 0.305 e. The Labute approximate surface area is 360 Å². The van der Waals surface area contributed by atoms with E-state index in [0.29, 0.717) is 5.14 Å². The zero-order chi connectivity index (χ0) is 37.2. The molecule has 1 aromatic heterocycles. The minimum atomic E-state index is -1.23. The van der Waals surface area contributed by atoms with Gasteiger partial charge in [-0.25, -0.2) is 0 Å². The Kier molecular flexibility index (Phi) is 18.5. The standard InChI is InChI=1S/C37H31P3.C11H8N.Au.ClH.Pt/c1-7-19-31(20-8-1)38(32-21-9-2-10-22-32)37(39(33-23-11-3-12-24-33)34-25-13-4-14-26-34)40(35-27-15-5-16-28-35)36-29-17-6-18-30-36;1-2-6-10(7-3-1)11-8-4-5-9-12-11;;;/h1-30,37H;1-6,8-9H;;1H;/q;-1;+1;;/p+2. The number of hydrogen-bond acceptors (Lipinski definition) is 1. The minimum absolute atomic E-state index is 0. The molecule has 0 aliphatic carbocycles. The van der Waals surface area contributed by atoms with Gasteiger partial charge in [0, 0.05) is 27.3 Å². The molecule has 0 amide bonds. The fourth-order valence-electron chi connectivity index (χ4n) is 6.71. The van der Waals surface area contributed by atoms with Crippen molar-refractivity contribution in [1.29, 1.82) is 0 Å². The maximum Gasteiger partial charge on any atom is 0.276 e. The average molecular weight is 1150 g/mol. The third-order valence-corrected chi connectivity index (χ3v) is 21.7. The van der Waals surface area contributed by atoms with Crippen molar-refractivity contribution in [2.45, 2.75) is 5.14 Å². The Morgan fingerprint density at radius 3 is 0.927 bits per heavy atom. The van der Waals surface area contributed by atoms with Crippen molar-refractivity contribution in [3.8, 4) is 11.3 Å². The van der Waals surface area contributed by atoms with Crippen LogP contribution in [-0.4, -0.2) is 10.1 Å². The number of halogens is 1. The molecule has 0 unspecified atom stereocenters. The van der Waals surface area contributed by atoms with Gasteiger partial charge in [-0.2, -0.15) is 0 Å². The van der Waals surface area contributed by atoms with E-state index in [2.05, 4.69) is 202 Å². The van der Waals surface area contributed by atoms with Crippen LogP contribution in [0.1, 0.15) is 0 Å². The molecule has 0 aliphatic heterocycles. The van der Waals surface area contributed by atoms with Crippen LogP contribution in [0.2, 0.25) is 0 Å². The molecule has 7 heteroatoms. The molecule has 7 aromatic carbocycles. The van der Waals surface area contributed by atoms with Gasteiger partial charge in [-0.05, 0) is 84.6 Å². The molecule has 0 atom stereocenters. The van der Waals surface area contributed by atoms with E-state index in [1.807, 2.05) is 42.5 Å². The summed E-state index contributed by atoms with van der Waals surface area (Å²) in [7, 11) is 0.883. The molecule has 0 radical (unpaired) electrons. The van der Waals surface area contributed by atoms with Crippen molar-refractivity contribution in [1.82, 2.24) is 4.98 Å². The molecule has 1 heterocycles. The van der Waals surface area contributed by atoms with Crippen LogP contribution in [0.3, 0.4) is 0 Å². The van der Waals surface area contributed by atoms with Crippen LogP contribution in [-0.2, 0) is 41.1 Å². The Balaban J connectivity index is 0.000000327. The molecule has 0 saturated heterocycles. The zero-order valence-corrected chi connectivity index (χ0v) is 38.2. The number of hydrogen-bond donors (Lipinski definition) is 0. The molecule has 0 bridgehead atoms. The number of benzene rings is 7. The second-order valence-electron chi connectivity index (χ2n) is 12.4. The van der Waals surface area contributed by atoms with Crippen molar-refractivity contribution in [3.05, 3.63) is 237 Å². The van der Waals surface area contributed by atoms with Crippen molar-refractivity contribution >= 4 is 64.8 Å². The third kappa shape index (κ3) is 11.9. The summed E-state index contributed by atoms with van der Waals surface area (Å²) < 4.78 is 0. The first kappa shape index (κ1) is 42.8. The van der Waals surface area contributed by atoms with Gasteiger partial charge >= 0.3 is 29.2 Å². The van der Waals surface area contributed by atoms with Crippen molar-refractivity contribution in [2.24, 2.45) is 0 Å². The number of rotatable bonds is 10. The maximum absolute atomic E-state index is 4.58. The van der Waals surface area contributed by atoms with Crippen molar-refractivity contribution in [2.75, 3.05) is 0 Å². The van der Waals surface area contributed by atoms with E-state index in [1.165, 1.54) is 31.8 Å². The molecule has 8 aromatic rings. The van der Waals surface area contributed by atoms with Crippen LogP contribution in [0, 0.1) is 6.07 Å². The molecule has 55 heavy (non-hydrogen) atoms. The van der Waals surface area contributed by atoms with E-state index in [4.69, 9.17) is 0 Å². The molecule has 0 fully saturated rings. The second kappa shape index (κ2) is 23.7. The predicted octanol–water partition coefficient (Wildman–Crippen LogP) is 10.1. The van der Waals surface area contributed by atoms with Gasteiger partial charge < -0.3 is 4.98 Å². The number of nitrogens with zero attached hydrogens (tertiary/aromatic N) is 1. The van der Waals surface area contributed by atoms with Gasteiger partial charge in [0.15, 0.2) is 0 Å². The van der Waals surface area contributed by atoms with Gasteiger partial charge in [-0.1, -0.05) is 121 Å². The summed E-state index contributed by atoms with van der Waals surface area (Å²) >= 11 is 1.75. The molecule has 0 saturated carbocycles. The Morgan fingerprint density at radius 2 is 0.673 bits per heavy atom. The molecule has 280 valence electrons. The number of aromatic nitrogens is 1. The summed E-state index contributed by atoms with van der Waals surface area (Å²) in [4.78, 5) is 4.22. The van der Waals surface area contributed by atoms with Crippen LogP contribution < -0.4 is 31.8 Å². The maximum atomic E-state index is 4.58. The zero-order valence-electron chi connectivity index (χ0n) is 30.0. The summed E-state index contributed by atoms with van der Waals surface area (Å²) in [6.07, 6.45) is 1.79. The first-order valence-electron chi connectivity index (χ1n) is 17.8. The summed E-state index contributed by atoms with van der Waals surface area (Å²) in [5, 5.41) is 9.44. The smallest absolute Gasteiger partial charge is 0.276 e. The SMILES string of the molecule is [Cl][Au].[Pt].[c-]1ccccc1-c1ccccn1.c1ccc([PH+](c2ccccc2)C([PH+](c2ccccc2)c2ccccc2)[PH+](c2ccccc2)c2ccccc2)cc1. The van der Waals surface area contributed by atoms with E-state index in [-0.39, 0.29) is 21.1 Å². The van der Waals surface area contributed by atoms with Crippen LogP contribution in [0.15, 0.2) is 231 Å². The van der Waals surface area contributed by atoms with E-state index in [1.54, 1.807) is 26.2 Å². The van der Waals surface area contributed by atoms with Gasteiger partial charge in [-0.3, -0.25) is 0 Å². The van der Waals surface area contributed by atoms with Crippen LogP contribution in [0.5, 0.6) is 0 Å². The molecular formula is C48H42AuClNP3Pt+2. The van der Waals surface area contributed by atoms with Gasteiger partial charge in [0.2, 0.25) is 0 Å². The van der Waals surface area contributed by atoms with Gasteiger partial charge in [0.05, 0.1) is 0 Å². The molecule has 8 rings (SSSR count). The average Bonchev–Trinajstić information content (AvgIpc) is 3.28. The summed E-state index contributed by atoms with van der Waals surface area (Å²) in [5.74, 6) is 0. The third-order valence-electron chi connectivity index (χ3n) is 9.02. The minimum Gasteiger partial charge on any atom is -0.305 e. The predicted molar refractivity (Wildman–Crippen MR) is 240 cm³/mol. The van der Waals surface area contributed by atoms with Crippen LogP contribution in [0.4, 0.5) is 0 Å². The van der Waals surface area contributed by atoms with E-state index in [0.717, 1.165) is 11.3 Å². The molecule has 0 aliphatic rings. The van der Waals surface area contributed by atoms with Crippen molar-refractivity contribution < 1.29 is 41.1 Å². The summed E-state index contributed by atoms with van der Waals surface area (Å²) in [5.41, 5.74) is 2.01. The molecule has 0 spiro atoms. The van der Waals surface area contributed by atoms with E-state index in [9.17, 15) is 0 Å². The van der Waals surface area contributed by atoms with Gasteiger partial charge in [-0.15, -0.1) is 35.9 Å². The molecule has 0 N–H and O–H groups in total. The fraction of sp³-hybridized carbons (Fsp3) is 0.0208. The molecule has 1 nitrogen and oxygen atoms in total. The quantitative estimate of drug-likeness (QED) is 0.0756. The number of pyridine rings is 1. The second-order valence-corrected chi connectivity index (χ2v) is 21.8. The first-order chi connectivity index (χ1) is 26.9. The Hall–Kier alpha value is -3.30. The topological polar surface area (TPSA) is 12.9 Å². The first-order valence-corrected chi connectivity index (χ1v) is 25.2. The monoisotopic (exact) mass is 1150 g/mol. The van der Waals surface area contributed by atoms with E-state index < -0.39 is 23.8 Å². The van der Waals surface area contributed by atoms with Gasteiger partial charge in [0.25, 0.3) is 5.14 Å². The molecular weight excluding hydrogens is 1110 g/mol. The summed E-state index contributed by atoms with van der Waals surface area (Å²) in [6.45, 7) is 0. The van der Waals surface area contributed by atoms with Crippen LogP contribution >= 0.6 is 33.0 Å². The fourth-order valence-corrected chi connectivity index (χ4v) is 22.5.